The van der Waals surface area contributed by atoms with Crippen molar-refractivity contribution in [1.29, 1.82) is 0 Å². The number of rotatable bonds is 8. The Kier molecular flexibility index (Phi) is 7.41. The Labute approximate surface area is 120 Å². The molecule has 0 spiro atoms. The average Bonchev–Trinajstić information content (AvgIpc) is 2.36. The predicted molar refractivity (Wildman–Crippen MR) is 81.5 cm³/mol. The van der Waals surface area contributed by atoms with Gasteiger partial charge in [-0.15, -0.1) is 6.58 Å². The molecule has 0 radical (unpaired) electrons. The number of nitrogens with one attached hydrogen (secondary N) is 1. The van der Waals surface area contributed by atoms with Crippen LogP contribution in [0.1, 0.15) is 43.7 Å². The number of unbranched alkanes of at least 4 members (excludes halogenated alkanes) is 3. The second-order valence-corrected chi connectivity index (χ2v) is 5.22. The molecule has 0 aliphatic heterocycles. The van der Waals surface area contributed by atoms with Gasteiger partial charge in [-0.25, -0.2) is 0 Å². The van der Waals surface area contributed by atoms with Gasteiger partial charge in [-0.2, -0.15) is 0 Å². The Balaban J connectivity index is 2.57. The summed E-state index contributed by atoms with van der Waals surface area (Å²) in [5, 5.41) is 4.79. The minimum Gasteiger partial charge on any atom is -0.313 e. The number of allylic oxidation sites excluding steroid dienone is 1. The van der Waals surface area contributed by atoms with Crippen LogP contribution in [0.4, 0.5) is 0 Å². The molecule has 0 amide bonds. The lowest BCUT2D eigenvalue weighted by Gasteiger charge is -2.19. The predicted octanol–water partition coefficient (Wildman–Crippen LogP) is 5.39. The van der Waals surface area contributed by atoms with E-state index in [0.717, 1.165) is 28.5 Å². The monoisotopic (exact) mass is 285 g/mol. The average molecular weight is 286 g/mol. The van der Waals surface area contributed by atoms with Gasteiger partial charge >= 0.3 is 0 Å². The largest absolute Gasteiger partial charge is 0.313 e. The van der Waals surface area contributed by atoms with Crippen LogP contribution >= 0.6 is 23.2 Å². The van der Waals surface area contributed by atoms with Crippen molar-refractivity contribution >= 4 is 23.2 Å². The minimum atomic E-state index is 0.231. The summed E-state index contributed by atoms with van der Waals surface area (Å²) in [6, 6.07) is 5.90. The minimum absolute atomic E-state index is 0.231. The summed E-state index contributed by atoms with van der Waals surface area (Å²) in [7, 11) is 1.95. The van der Waals surface area contributed by atoms with Gasteiger partial charge in [-0.1, -0.05) is 48.2 Å². The molecule has 1 atom stereocenters. The molecule has 0 aromatic heterocycles. The van der Waals surface area contributed by atoms with Gasteiger partial charge in [0.25, 0.3) is 0 Å². The van der Waals surface area contributed by atoms with E-state index in [1.165, 1.54) is 19.3 Å². The summed E-state index contributed by atoms with van der Waals surface area (Å²) in [4.78, 5) is 0. The van der Waals surface area contributed by atoms with E-state index in [1.807, 2.05) is 31.3 Å². The fraction of sp³-hybridized carbons (Fsp3) is 0.467. The zero-order chi connectivity index (χ0) is 13.4. The molecule has 0 bridgehead atoms. The number of halogens is 2. The van der Waals surface area contributed by atoms with Crippen molar-refractivity contribution in [2.45, 2.75) is 38.1 Å². The van der Waals surface area contributed by atoms with Gasteiger partial charge in [0.05, 0.1) is 0 Å². The smallest absolute Gasteiger partial charge is 0.0468 e. The van der Waals surface area contributed by atoms with Gasteiger partial charge in [0.1, 0.15) is 0 Å². The molecule has 0 fully saturated rings. The Bertz CT molecular complexity index is 357. The summed E-state index contributed by atoms with van der Waals surface area (Å²) in [6.45, 7) is 3.73. The Morgan fingerprint density at radius 3 is 2.44 bits per heavy atom. The summed E-state index contributed by atoms with van der Waals surface area (Å²) < 4.78 is 0. The van der Waals surface area contributed by atoms with Crippen LogP contribution in [0.2, 0.25) is 10.0 Å². The fourth-order valence-corrected chi connectivity index (χ4v) is 2.75. The molecule has 1 N–H and O–H groups in total. The molecule has 1 aromatic carbocycles. The topological polar surface area (TPSA) is 12.0 Å². The number of benzene rings is 1. The van der Waals surface area contributed by atoms with Crippen LogP contribution in [0.3, 0.4) is 0 Å². The van der Waals surface area contributed by atoms with Crippen LogP contribution in [0, 0.1) is 0 Å². The van der Waals surface area contributed by atoms with Crippen molar-refractivity contribution in [2.75, 3.05) is 7.05 Å². The second kappa shape index (κ2) is 8.58. The van der Waals surface area contributed by atoms with Crippen molar-refractivity contribution in [2.24, 2.45) is 0 Å². The molecule has 0 aliphatic carbocycles. The zero-order valence-corrected chi connectivity index (χ0v) is 12.4. The normalized spacial score (nSPS) is 12.4. The maximum atomic E-state index is 6.23. The van der Waals surface area contributed by atoms with Gasteiger partial charge in [0.2, 0.25) is 0 Å². The molecule has 1 rings (SSSR count). The molecule has 1 unspecified atom stereocenters. The molecule has 100 valence electrons. The highest BCUT2D eigenvalue weighted by Crippen LogP contribution is 2.32. The van der Waals surface area contributed by atoms with Crippen LogP contribution in [-0.2, 0) is 0 Å². The number of hydrogen-bond donors (Lipinski definition) is 1. The van der Waals surface area contributed by atoms with Gasteiger partial charge in [-0.3, -0.25) is 0 Å². The molecule has 0 aliphatic rings. The summed E-state index contributed by atoms with van der Waals surface area (Å²) in [5.41, 5.74) is 1.02. The van der Waals surface area contributed by atoms with E-state index < -0.39 is 0 Å². The molecule has 0 heterocycles. The van der Waals surface area contributed by atoms with Crippen molar-refractivity contribution in [3.05, 3.63) is 46.5 Å². The first kappa shape index (κ1) is 15.6. The third-order valence-corrected chi connectivity index (χ3v) is 3.76. The molecule has 18 heavy (non-hydrogen) atoms. The highest BCUT2D eigenvalue weighted by Gasteiger charge is 2.15. The second-order valence-electron chi connectivity index (χ2n) is 4.40. The molecule has 0 saturated carbocycles. The highest BCUT2D eigenvalue weighted by molar-refractivity contribution is 6.36. The lowest BCUT2D eigenvalue weighted by Crippen LogP contribution is -2.17. The summed E-state index contributed by atoms with van der Waals surface area (Å²) >= 11 is 12.5. The molecule has 1 nitrogen and oxygen atoms in total. The Morgan fingerprint density at radius 2 is 1.89 bits per heavy atom. The van der Waals surface area contributed by atoms with Gasteiger partial charge in [0.15, 0.2) is 0 Å². The van der Waals surface area contributed by atoms with Crippen molar-refractivity contribution in [3.8, 4) is 0 Å². The Morgan fingerprint density at radius 1 is 1.22 bits per heavy atom. The molecule has 0 saturated heterocycles. The lowest BCUT2D eigenvalue weighted by molar-refractivity contribution is 0.508. The zero-order valence-electron chi connectivity index (χ0n) is 10.9. The SMILES string of the molecule is C=CCCCCCC(NC)c1c(Cl)cccc1Cl. The van der Waals surface area contributed by atoms with E-state index in [1.54, 1.807) is 0 Å². The third-order valence-electron chi connectivity index (χ3n) is 3.10. The fourth-order valence-electron chi connectivity index (χ4n) is 2.09. The van der Waals surface area contributed by atoms with E-state index >= 15 is 0 Å². The van der Waals surface area contributed by atoms with Crippen LogP contribution in [0.25, 0.3) is 0 Å². The molecule has 3 heteroatoms. The van der Waals surface area contributed by atoms with Crippen molar-refractivity contribution < 1.29 is 0 Å². The maximum Gasteiger partial charge on any atom is 0.0468 e. The van der Waals surface area contributed by atoms with Crippen LogP contribution in [0.5, 0.6) is 0 Å². The Hall–Kier alpha value is -0.500. The van der Waals surface area contributed by atoms with E-state index in [9.17, 15) is 0 Å². The van der Waals surface area contributed by atoms with E-state index in [2.05, 4.69) is 11.9 Å². The van der Waals surface area contributed by atoms with Crippen LogP contribution in [-0.4, -0.2) is 7.05 Å². The van der Waals surface area contributed by atoms with Gasteiger partial charge < -0.3 is 5.32 Å². The first-order valence-electron chi connectivity index (χ1n) is 6.42. The summed E-state index contributed by atoms with van der Waals surface area (Å²) in [6.07, 6.45) is 7.71. The van der Waals surface area contributed by atoms with Gasteiger partial charge in [0, 0.05) is 21.7 Å². The lowest BCUT2D eigenvalue weighted by atomic mass is 10.00. The third kappa shape index (κ3) is 4.64. The highest BCUT2D eigenvalue weighted by atomic mass is 35.5. The standard InChI is InChI=1S/C15H21Cl2N/c1-3-4-5-6-7-11-14(18-2)15-12(16)9-8-10-13(15)17/h3,8-10,14,18H,1,4-7,11H2,2H3. The summed E-state index contributed by atoms with van der Waals surface area (Å²) in [5.74, 6) is 0. The first-order valence-corrected chi connectivity index (χ1v) is 7.18. The maximum absolute atomic E-state index is 6.23. The molecular weight excluding hydrogens is 265 g/mol. The molecular formula is C15H21Cl2N. The quantitative estimate of drug-likeness (QED) is 0.499. The first-order chi connectivity index (χ1) is 8.70. The molecule has 1 aromatic rings. The number of hydrogen-bond acceptors (Lipinski definition) is 1. The van der Waals surface area contributed by atoms with Crippen LogP contribution < -0.4 is 5.32 Å². The van der Waals surface area contributed by atoms with E-state index in [0.29, 0.717) is 0 Å². The van der Waals surface area contributed by atoms with E-state index in [-0.39, 0.29) is 6.04 Å². The van der Waals surface area contributed by atoms with Gasteiger partial charge in [-0.05, 0) is 38.4 Å². The van der Waals surface area contributed by atoms with Crippen molar-refractivity contribution in [1.82, 2.24) is 5.32 Å². The van der Waals surface area contributed by atoms with Crippen LogP contribution in [0.15, 0.2) is 30.9 Å². The van der Waals surface area contributed by atoms with E-state index in [4.69, 9.17) is 23.2 Å². The van der Waals surface area contributed by atoms with Crippen molar-refractivity contribution in [3.63, 3.8) is 0 Å².